The summed E-state index contributed by atoms with van der Waals surface area (Å²) < 4.78 is 16.0. The van der Waals surface area contributed by atoms with Crippen molar-refractivity contribution in [3.05, 3.63) is 42.5 Å². The number of rotatable bonds is 5. The first-order valence-corrected chi connectivity index (χ1v) is 9.07. The van der Waals surface area contributed by atoms with Crippen molar-refractivity contribution in [1.82, 2.24) is 10.2 Å². The van der Waals surface area contributed by atoms with Crippen LogP contribution in [0.15, 0.2) is 42.5 Å². The Bertz CT molecular complexity index is 958. The lowest BCUT2D eigenvalue weighted by Crippen LogP contribution is -2.19. The number of carbonyl (C=O) groups excluding carboxylic acids is 1. The van der Waals surface area contributed by atoms with Crippen LogP contribution in [0.2, 0.25) is 0 Å². The third-order valence-corrected chi connectivity index (χ3v) is 4.58. The molecule has 2 heterocycles. The normalized spacial score (nSPS) is 11.9. The van der Waals surface area contributed by atoms with E-state index in [9.17, 15) is 4.79 Å². The molecule has 2 N–H and O–H groups in total. The van der Waals surface area contributed by atoms with Crippen LogP contribution in [0.4, 0.5) is 15.6 Å². The van der Waals surface area contributed by atoms with E-state index in [1.54, 1.807) is 24.3 Å². The second-order valence-electron chi connectivity index (χ2n) is 5.52. The quantitative estimate of drug-likeness (QED) is 0.691. The number of nitrogens with zero attached hydrogens (tertiary/aromatic N) is 2. The molecule has 27 heavy (non-hydrogen) atoms. The second-order valence-corrected chi connectivity index (χ2v) is 6.49. The van der Waals surface area contributed by atoms with Gasteiger partial charge in [-0.05, 0) is 49.4 Å². The second kappa shape index (κ2) is 7.50. The van der Waals surface area contributed by atoms with E-state index in [4.69, 9.17) is 14.2 Å². The van der Waals surface area contributed by atoms with E-state index >= 15 is 0 Å². The number of hydrogen-bond acceptors (Lipinski definition) is 7. The van der Waals surface area contributed by atoms with Gasteiger partial charge in [-0.2, -0.15) is 0 Å². The number of hydrogen-bond donors (Lipinski definition) is 2. The molecule has 1 aliphatic heterocycles. The van der Waals surface area contributed by atoms with E-state index in [1.807, 2.05) is 25.1 Å². The Hall–Kier alpha value is -3.33. The van der Waals surface area contributed by atoms with Crippen molar-refractivity contribution in [2.24, 2.45) is 0 Å². The van der Waals surface area contributed by atoms with Crippen molar-refractivity contribution in [1.29, 1.82) is 0 Å². The fourth-order valence-electron chi connectivity index (χ4n) is 2.48. The lowest BCUT2D eigenvalue weighted by Gasteiger charge is -2.06. The summed E-state index contributed by atoms with van der Waals surface area (Å²) in [4.78, 5) is 12.1. The maximum atomic E-state index is 12.1. The fourth-order valence-corrected chi connectivity index (χ4v) is 3.22. The van der Waals surface area contributed by atoms with Crippen LogP contribution in [0.1, 0.15) is 6.92 Å². The number of amides is 2. The van der Waals surface area contributed by atoms with Gasteiger partial charge in [0.05, 0.1) is 6.61 Å². The number of urea groups is 1. The highest BCUT2D eigenvalue weighted by molar-refractivity contribution is 7.18. The first kappa shape index (κ1) is 17.1. The maximum absolute atomic E-state index is 12.1. The van der Waals surface area contributed by atoms with Gasteiger partial charge in [0.2, 0.25) is 11.9 Å². The standard InChI is InChI=1S/C18H16N4O4S/c1-2-24-13-6-4-12(5-7-13)19-17(23)20-18-22-21-16(27-18)11-3-8-14-15(9-11)26-10-25-14/h3-9H,2,10H2,1H3,(H2,19,20,22,23). The van der Waals surface area contributed by atoms with Crippen molar-refractivity contribution in [3.63, 3.8) is 0 Å². The molecule has 0 atom stereocenters. The Labute approximate surface area is 159 Å². The van der Waals surface area contributed by atoms with Gasteiger partial charge in [0.15, 0.2) is 11.5 Å². The molecule has 8 nitrogen and oxygen atoms in total. The van der Waals surface area contributed by atoms with Gasteiger partial charge < -0.3 is 19.5 Å². The Morgan fingerprint density at radius 2 is 1.93 bits per heavy atom. The lowest BCUT2D eigenvalue weighted by atomic mass is 10.2. The Morgan fingerprint density at radius 3 is 2.74 bits per heavy atom. The summed E-state index contributed by atoms with van der Waals surface area (Å²) in [5, 5.41) is 14.6. The minimum Gasteiger partial charge on any atom is -0.494 e. The first-order chi connectivity index (χ1) is 13.2. The summed E-state index contributed by atoms with van der Waals surface area (Å²) in [6.45, 7) is 2.73. The summed E-state index contributed by atoms with van der Waals surface area (Å²) in [7, 11) is 0. The maximum Gasteiger partial charge on any atom is 0.325 e. The van der Waals surface area contributed by atoms with Crippen molar-refractivity contribution >= 4 is 28.2 Å². The van der Waals surface area contributed by atoms with E-state index in [2.05, 4.69) is 20.8 Å². The molecule has 0 aliphatic carbocycles. The molecule has 138 valence electrons. The molecular formula is C18H16N4O4S. The largest absolute Gasteiger partial charge is 0.494 e. The van der Waals surface area contributed by atoms with Crippen LogP contribution in [0.25, 0.3) is 10.6 Å². The van der Waals surface area contributed by atoms with Gasteiger partial charge in [0, 0.05) is 11.3 Å². The summed E-state index contributed by atoms with van der Waals surface area (Å²) in [6, 6.07) is 12.3. The van der Waals surface area contributed by atoms with Gasteiger partial charge in [-0.25, -0.2) is 4.79 Å². The van der Waals surface area contributed by atoms with Crippen molar-refractivity contribution in [2.45, 2.75) is 6.92 Å². The first-order valence-electron chi connectivity index (χ1n) is 8.25. The lowest BCUT2D eigenvalue weighted by molar-refractivity contribution is 0.174. The average Bonchev–Trinajstić information content (AvgIpc) is 3.32. The minimum atomic E-state index is -0.396. The molecule has 9 heteroatoms. The molecule has 0 saturated carbocycles. The van der Waals surface area contributed by atoms with Gasteiger partial charge in [0.1, 0.15) is 10.8 Å². The van der Waals surface area contributed by atoms with Crippen LogP contribution in [-0.2, 0) is 0 Å². The van der Waals surface area contributed by atoms with Crippen molar-refractivity contribution in [3.8, 4) is 27.8 Å². The minimum absolute atomic E-state index is 0.216. The van der Waals surface area contributed by atoms with Crippen LogP contribution in [0, 0.1) is 0 Å². The number of nitrogens with one attached hydrogen (secondary N) is 2. The van der Waals surface area contributed by atoms with Crippen LogP contribution in [0.3, 0.4) is 0 Å². The highest BCUT2D eigenvalue weighted by Gasteiger charge is 2.16. The Balaban J connectivity index is 1.39. The fraction of sp³-hybridized carbons (Fsp3) is 0.167. The molecule has 4 rings (SSSR count). The topological polar surface area (TPSA) is 94.6 Å². The molecule has 2 aromatic carbocycles. The molecule has 0 bridgehead atoms. The number of anilines is 2. The molecule has 0 unspecified atom stereocenters. The molecule has 2 amide bonds. The molecule has 1 aromatic heterocycles. The monoisotopic (exact) mass is 384 g/mol. The summed E-state index contributed by atoms with van der Waals surface area (Å²) in [5.41, 5.74) is 1.49. The van der Waals surface area contributed by atoms with E-state index in [0.717, 1.165) is 11.3 Å². The SMILES string of the molecule is CCOc1ccc(NC(=O)Nc2nnc(-c3ccc4c(c3)OCO4)s2)cc1. The van der Waals surface area contributed by atoms with Gasteiger partial charge in [-0.1, -0.05) is 11.3 Å². The van der Waals surface area contributed by atoms with Crippen molar-refractivity contribution in [2.75, 3.05) is 24.0 Å². The molecule has 3 aromatic rings. The van der Waals surface area contributed by atoms with Crippen LogP contribution >= 0.6 is 11.3 Å². The van der Waals surface area contributed by atoms with E-state index in [-0.39, 0.29) is 6.79 Å². The van der Waals surface area contributed by atoms with Crippen LogP contribution < -0.4 is 24.8 Å². The predicted octanol–water partition coefficient (Wildman–Crippen LogP) is 3.98. The zero-order chi connectivity index (χ0) is 18.6. The molecule has 0 spiro atoms. The zero-order valence-electron chi connectivity index (χ0n) is 14.4. The number of carbonyl (C=O) groups is 1. The molecule has 1 aliphatic rings. The average molecular weight is 384 g/mol. The Kier molecular flexibility index (Phi) is 4.75. The van der Waals surface area contributed by atoms with Crippen LogP contribution in [0.5, 0.6) is 17.2 Å². The Morgan fingerprint density at radius 1 is 1.11 bits per heavy atom. The summed E-state index contributed by atoms with van der Waals surface area (Å²) >= 11 is 1.27. The smallest absolute Gasteiger partial charge is 0.325 e. The molecular weight excluding hydrogens is 368 g/mol. The highest BCUT2D eigenvalue weighted by Crippen LogP contribution is 2.37. The molecule has 0 saturated heterocycles. The molecule has 0 fully saturated rings. The van der Waals surface area contributed by atoms with E-state index in [0.29, 0.717) is 33.9 Å². The van der Waals surface area contributed by atoms with E-state index in [1.165, 1.54) is 11.3 Å². The molecule has 0 radical (unpaired) electrons. The van der Waals surface area contributed by atoms with Crippen molar-refractivity contribution < 1.29 is 19.0 Å². The zero-order valence-corrected chi connectivity index (χ0v) is 15.2. The van der Waals surface area contributed by atoms with Gasteiger partial charge in [-0.3, -0.25) is 5.32 Å². The summed E-state index contributed by atoms with van der Waals surface area (Å²) in [5.74, 6) is 2.13. The number of fused-ring (bicyclic) bond motifs is 1. The number of ether oxygens (including phenoxy) is 3. The van der Waals surface area contributed by atoms with Gasteiger partial charge >= 0.3 is 6.03 Å². The predicted molar refractivity (Wildman–Crippen MR) is 102 cm³/mol. The van der Waals surface area contributed by atoms with Gasteiger partial charge in [-0.15, -0.1) is 10.2 Å². The number of benzene rings is 2. The third-order valence-electron chi connectivity index (χ3n) is 3.69. The highest BCUT2D eigenvalue weighted by atomic mass is 32.1. The van der Waals surface area contributed by atoms with Gasteiger partial charge in [0.25, 0.3) is 0 Å². The van der Waals surface area contributed by atoms with Crippen LogP contribution in [-0.4, -0.2) is 29.6 Å². The number of aromatic nitrogens is 2. The third kappa shape index (κ3) is 3.93. The summed E-state index contributed by atoms with van der Waals surface area (Å²) in [6.07, 6.45) is 0. The van der Waals surface area contributed by atoms with E-state index < -0.39 is 6.03 Å².